The number of aromatic carboxylic acids is 2. The van der Waals surface area contributed by atoms with Crippen molar-refractivity contribution in [3.8, 4) is 17.2 Å². The second-order valence-corrected chi connectivity index (χ2v) is 38.3. The van der Waals surface area contributed by atoms with Crippen LogP contribution in [0.4, 0.5) is 30.2 Å². The molecular weight excluding hydrogens is 1470 g/mol. The van der Waals surface area contributed by atoms with Gasteiger partial charge in [0.25, 0.3) is 0 Å². The van der Waals surface area contributed by atoms with Crippen LogP contribution in [0.25, 0.3) is 32.7 Å². The predicted molar refractivity (Wildman–Crippen MR) is 363 cm³/mol. The minimum atomic E-state index is -1.30. The zero-order chi connectivity index (χ0) is 66.0. The Morgan fingerprint density at radius 2 is 0.774 bits per heavy atom. The summed E-state index contributed by atoms with van der Waals surface area (Å²) in [6, 6.07) is 4.82. The van der Waals surface area contributed by atoms with E-state index >= 15 is 13.2 Å². The Labute approximate surface area is 565 Å². The molecule has 9 aliphatic rings. The van der Waals surface area contributed by atoms with Crippen LogP contribution in [-0.4, -0.2) is 159 Å². The summed E-state index contributed by atoms with van der Waals surface area (Å²) in [6.07, 6.45) is 19.2. The number of nitrogens with zero attached hydrogens (tertiary/aromatic N) is 8. The maximum absolute atomic E-state index is 15.5. The van der Waals surface area contributed by atoms with Gasteiger partial charge in [-0.25, -0.2) is 27.6 Å². The van der Waals surface area contributed by atoms with Gasteiger partial charge >= 0.3 is 67.3 Å². The van der Waals surface area contributed by atoms with E-state index in [1.54, 1.807) is 10.8 Å². The second kappa shape index (κ2) is 27.8. The van der Waals surface area contributed by atoms with E-state index in [2.05, 4.69) is 73.7 Å². The van der Waals surface area contributed by atoms with E-state index in [0.29, 0.717) is 103 Å². The molecule has 0 unspecified atom stereocenters. The van der Waals surface area contributed by atoms with E-state index < -0.39 is 51.6 Å². The SMILES string of the molecule is COC(=O)c1cn(C2CC2)c2c(OC)c(N3C[C@@H]4CCCN(C)[C@@H]4C3)c(F)cc2c1=O.COc1c(N2C[C@@H]3CCCN(C)[C@@H]3C2)c(F)cc2c(=O)c(C(=O)O)cn(C3CC3)c12.COc1c(N2C[C@H]3CCCC[C@H]3C2)c(F)cc2c(=O)c(C(=O)O)cn(C3CC3)c12.[I][V][I]. The Morgan fingerprint density at radius 3 is 1.08 bits per heavy atom. The molecule has 3 aromatic carbocycles. The second-order valence-electron chi connectivity index (χ2n) is 26.5. The molecule has 9 fully saturated rings. The van der Waals surface area contributed by atoms with Gasteiger partial charge < -0.3 is 67.4 Å². The van der Waals surface area contributed by atoms with Gasteiger partial charge in [-0.3, -0.25) is 14.4 Å². The molecule has 6 atom stereocenters. The Bertz CT molecular complexity index is 4110. The molecule has 4 saturated carbocycles. The number of benzene rings is 3. The summed E-state index contributed by atoms with van der Waals surface area (Å²) in [5, 5.41) is 19.2. The van der Waals surface area contributed by atoms with E-state index in [1.807, 2.05) is 14.0 Å². The zero-order valence-electron chi connectivity index (χ0n) is 53.1. The molecule has 15 rings (SSSR count). The van der Waals surface area contributed by atoms with Gasteiger partial charge in [0, 0.05) is 88.1 Å². The molecule has 0 radical (unpaired) electrons. The fourth-order valence-electron chi connectivity index (χ4n) is 16.0. The van der Waals surface area contributed by atoms with E-state index in [4.69, 9.17) is 18.9 Å². The summed E-state index contributed by atoms with van der Waals surface area (Å²) in [7, 11) is 10.6. The standard InChI is InChI=1S/C23H28FN3O4.C22H26FN3O4.C22H25FN2O4.2HI.V/c1-25-8-4-5-13-10-26(12-18(13)25)20-17(24)9-15-19(22(20)30-2)27(14-6-7-14)11-16(21(15)28)23(29)31-3;1-24-7-3-4-12-9-25(11-17(12)24)19-16(23)8-14-18(21(19)30-2)26(13-5-6-13)10-15(20(14)27)22(28)29;1-29-21-18-15(20(26)16(22(27)28)11-25(18)14-6-7-14)8-17(23)19(21)24-9-12-4-2-3-5-13(12)10-24;;;/h9,11,13-14,18H,4-8,10,12H2,1-3H3;8,10,12-13,17H,3-7,9,11H2,1-2H3,(H,28,29);8,11-14H,2-7,9-10H2,1H3,(H,27,28);2*1H;/q;;;;;+2/p-2/t13-,18+;12-,17+;12-,13+;;;/m00..../s1. The number of likely N-dealkylation sites (tertiary alicyclic amines) is 2. The summed E-state index contributed by atoms with van der Waals surface area (Å²) in [5.74, 6) is -1.70. The molecular formula is C67H79F3I2N8O12V. The number of piperidine rings is 2. The van der Waals surface area contributed by atoms with Crippen LogP contribution in [0.15, 0.2) is 51.2 Å². The molecule has 6 aromatic rings. The number of methoxy groups -OCH3 is 4. The Morgan fingerprint density at radius 1 is 0.473 bits per heavy atom. The minimum absolute atomic E-state index is 0.0635. The number of aromatic nitrogens is 3. The number of halogens is 5. The van der Waals surface area contributed by atoms with Crippen molar-refractivity contribution in [2.45, 2.75) is 120 Å². The van der Waals surface area contributed by atoms with Crippen molar-refractivity contribution >= 4 is 108 Å². The molecule has 8 heterocycles. The molecule has 5 aliphatic heterocycles. The van der Waals surface area contributed by atoms with Gasteiger partial charge in [0.1, 0.15) is 33.8 Å². The molecule has 0 amide bonds. The van der Waals surface area contributed by atoms with Crippen LogP contribution in [0, 0.1) is 41.1 Å². The topological polar surface area (TPSA) is 211 Å². The number of carboxylic acids is 2. The van der Waals surface area contributed by atoms with Crippen molar-refractivity contribution in [3.63, 3.8) is 0 Å². The van der Waals surface area contributed by atoms with Crippen LogP contribution in [0.2, 0.25) is 0 Å². The van der Waals surface area contributed by atoms with Crippen molar-refractivity contribution in [3.05, 3.63) is 102 Å². The van der Waals surface area contributed by atoms with Crippen LogP contribution in [0.3, 0.4) is 0 Å². The number of carbonyl (C=O) groups is 3. The number of likely N-dealkylation sites (N-methyl/N-ethyl adjacent to an activating group) is 2. The summed E-state index contributed by atoms with van der Waals surface area (Å²) in [4.78, 5) is 84.9. The van der Waals surface area contributed by atoms with Gasteiger partial charge in [0.05, 0.1) is 61.1 Å². The number of ether oxygens (including phenoxy) is 4. The Hall–Kier alpha value is -5.75. The van der Waals surface area contributed by atoms with Crippen molar-refractivity contribution in [1.82, 2.24) is 23.5 Å². The summed E-state index contributed by atoms with van der Waals surface area (Å²) in [5.41, 5.74) is 0.156. The van der Waals surface area contributed by atoms with Crippen molar-refractivity contribution in [2.24, 2.45) is 23.7 Å². The van der Waals surface area contributed by atoms with Crippen LogP contribution < -0.4 is 45.2 Å². The van der Waals surface area contributed by atoms with E-state index in [-0.39, 0.29) is 51.0 Å². The fourth-order valence-corrected chi connectivity index (χ4v) is 16.0. The first-order chi connectivity index (χ1) is 44.7. The molecule has 0 spiro atoms. The van der Waals surface area contributed by atoms with Gasteiger partial charge in [0.15, 0.2) is 34.7 Å². The molecule has 5 saturated heterocycles. The average Bonchev–Trinajstić information content (AvgIpc) is 1.63. The van der Waals surface area contributed by atoms with Gasteiger partial charge in [-0.05, 0) is 146 Å². The van der Waals surface area contributed by atoms with Crippen molar-refractivity contribution < 1.29 is 66.2 Å². The van der Waals surface area contributed by atoms with E-state index in [1.165, 1.54) is 84.7 Å². The number of hydrogen-bond acceptors (Lipinski definition) is 15. The van der Waals surface area contributed by atoms with E-state index in [9.17, 15) is 39.0 Å². The summed E-state index contributed by atoms with van der Waals surface area (Å²) < 4.78 is 73.8. The van der Waals surface area contributed by atoms with Crippen LogP contribution in [-0.2, 0) is 14.2 Å². The number of fused-ring (bicyclic) bond motifs is 6. The summed E-state index contributed by atoms with van der Waals surface area (Å²) >= 11 is 4.74. The third-order valence-electron chi connectivity index (χ3n) is 20.9. The summed E-state index contributed by atoms with van der Waals surface area (Å²) in [6.45, 7) is 6.65. The number of hydrogen-bond donors (Lipinski definition) is 2. The monoisotopic (exact) mass is 1550 g/mol. The normalized spacial score (nSPS) is 23.4. The van der Waals surface area contributed by atoms with Crippen molar-refractivity contribution in [1.29, 1.82) is 0 Å². The average molecular weight is 1550 g/mol. The molecule has 3 aromatic heterocycles. The van der Waals surface area contributed by atoms with Gasteiger partial charge in [-0.2, -0.15) is 0 Å². The number of pyridine rings is 3. The molecule has 499 valence electrons. The first-order valence-corrected chi connectivity index (χ1v) is 41.3. The zero-order valence-corrected chi connectivity index (χ0v) is 58.8. The molecule has 4 aliphatic carbocycles. The third-order valence-corrected chi connectivity index (χ3v) is 20.9. The molecule has 0 bridgehead atoms. The van der Waals surface area contributed by atoms with E-state index in [0.717, 1.165) is 110 Å². The first-order valence-electron chi connectivity index (χ1n) is 32.2. The predicted octanol–water partition coefficient (Wildman–Crippen LogP) is 11.1. The Balaban J connectivity index is 0.000000131. The number of carboxylic acid groups (broad SMARTS) is 2. The Kier molecular flexibility index (Phi) is 20.1. The van der Waals surface area contributed by atoms with Gasteiger partial charge in [0.2, 0.25) is 16.3 Å². The molecule has 93 heavy (non-hydrogen) atoms. The van der Waals surface area contributed by atoms with Gasteiger partial charge in [-0.15, -0.1) is 0 Å². The van der Waals surface area contributed by atoms with Crippen molar-refractivity contribution in [2.75, 3.05) is 110 Å². The maximum atomic E-state index is 15.5. The fraction of sp³-hybridized carbons (Fsp3) is 0.552. The van der Waals surface area contributed by atoms with Crippen LogP contribution in [0.5, 0.6) is 17.2 Å². The molecule has 20 nitrogen and oxygen atoms in total. The van der Waals surface area contributed by atoms with Gasteiger partial charge in [-0.1, -0.05) is 12.8 Å². The number of esters is 1. The third kappa shape index (κ3) is 12.9. The number of anilines is 3. The van der Waals surface area contributed by atoms with Crippen LogP contribution >= 0.6 is 40.0 Å². The molecule has 26 heteroatoms. The first kappa shape index (κ1) is 67.2. The van der Waals surface area contributed by atoms with Crippen LogP contribution in [0.1, 0.15) is 139 Å². The number of rotatable bonds is 12. The quantitative estimate of drug-likeness (QED) is 0.0862. The molecule has 2 N–H and O–H groups in total. The number of carbonyl (C=O) groups excluding carboxylic acids is 1.